The van der Waals surface area contributed by atoms with Gasteiger partial charge < -0.3 is 10.6 Å². The van der Waals surface area contributed by atoms with Crippen molar-refractivity contribution in [3.05, 3.63) is 83.8 Å². The third kappa shape index (κ3) is 5.48. The lowest BCUT2D eigenvalue weighted by Gasteiger charge is -2.08. The monoisotopic (exact) mass is 374 g/mol. The fourth-order valence-electron chi connectivity index (χ4n) is 2.72. The Bertz CT molecular complexity index is 940. The van der Waals surface area contributed by atoms with Crippen molar-refractivity contribution in [2.45, 2.75) is 19.8 Å². The highest BCUT2D eigenvalue weighted by Crippen LogP contribution is 2.16. The summed E-state index contributed by atoms with van der Waals surface area (Å²) in [7, 11) is 0. The molecule has 0 saturated heterocycles. The predicted molar refractivity (Wildman–Crippen MR) is 109 cm³/mol. The maximum atomic E-state index is 12.3. The smallest absolute Gasteiger partial charge is 0.270 e. The number of amides is 1. The molecule has 3 rings (SSSR count). The van der Waals surface area contributed by atoms with E-state index in [1.165, 1.54) is 18.8 Å². The second-order valence-electron chi connectivity index (χ2n) is 6.39. The lowest BCUT2D eigenvalue weighted by Crippen LogP contribution is -2.25. The van der Waals surface area contributed by atoms with Crippen LogP contribution in [-0.2, 0) is 6.42 Å². The SMILES string of the molecule is CC(=O)c1ccc(Nc2cc(C(=O)NCCCc3ccccc3)ncn2)cc1. The zero-order chi connectivity index (χ0) is 19.8. The number of benzene rings is 2. The van der Waals surface area contributed by atoms with Gasteiger partial charge in [-0.1, -0.05) is 30.3 Å². The summed E-state index contributed by atoms with van der Waals surface area (Å²) in [4.78, 5) is 31.8. The first kappa shape index (κ1) is 19.2. The van der Waals surface area contributed by atoms with E-state index in [0.717, 1.165) is 18.5 Å². The topological polar surface area (TPSA) is 84.0 Å². The van der Waals surface area contributed by atoms with Crippen LogP contribution in [0.15, 0.2) is 67.0 Å². The van der Waals surface area contributed by atoms with E-state index in [-0.39, 0.29) is 11.7 Å². The molecule has 1 heterocycles. The van der Waals surface area contributed by atoms with Crippen LogP contribution in [0, 0.1) is 0 Å². The van der Waals surface area contributed by atoms with Gasteiger partial charge in [0.1, 0.15) is 17.8 Å². The van der Waals surface area contributed by atoms with Gasteiger partial charge in [-0.15, -0.1) is 0 Å². The molecule has 0 fully saturated rings. The Labute approximate surface area is 164 Å². The Hall–Kier alpha value is -3.54. The fraction of sp³-hybridized carbons (Fsp3) is 0.182. The molecule has 2 N–H and O–H groups in total. The minimum Gasteiger partial charge on any atom is -0.351 e. The van der Waals surface area contributed by atoms with E-state index in [1.54, 1.807) is 30.3 Å². The molecule has 0 saturated carbocycles. The van der Waals surface area contributed by atoms with E-state index in [0.29, 0.717) is 23.6 Å². The molecule has 0 bridgehead atoms. The standard InChI is InChI=1S/C22H22N4O2/c1-16(27)18-9-11-19(12-10-18)26-21-14-20(24-15-25-21)22(28)23-13-5-8-17-6-3-2-4-7-17/h2-4,6-7,9-12,14-15H,5,8,13H2,1H3,(H,23,28)(H,24,25,26). The van der Waals surface area contributed by atoms with E-state index >= 15 is 0 Å². The van der Waals surface area contributed by atoms with Gasteiger partial charge in [0.25, 0.3) is 5.91 Å². The first-order valence-electron chi connectivity index (χ1n) is 9.14. The van der Waals surface area contributed by atoms with E-state index < -0.39 is 0 Å². The van der Waals surface area contributed by atoms with Crippen molar-refractivity contribution in [3.8, 4) is 0 Å². The second kappa shape index (κ2) is 9.41. The fourth-order valence-corrected chi connectivity index (χ4v) is 2.72. The molecule has 6 heteroatoms. The van der Waals surface area contributed by atoms with Gasteiger partial charge in [0.15, 0.2) is 5.78 Å². The van der Waals surface area contributed by atoms with Crippen LogP contribution in [0.4, 0.5) is 11.5 Å². The summed E-state index contributed by atoms with van der Waals surface area (Å²) < 4.78 is 0. The summed E-state index contributed by atoms with van der Waals surface area (Å²) in [6.07, 6.45) is 3.12. The van der Waals surface area contributed by atoms with Crippen molar-refractivity contribution >= 4 is 23.2 Å². The highest BCUT2D eigenvalue weighted by molar-refractivity contribution is 5.94. The molecule has 1 aromatic heterocycles. The minimum absolute atomic E-state index is 0.0137. The number of nitrogens with zero attached hydrogens (tertiary/aromatic N) is 2. The number of aromatic nitrogens is 2. The van der Waals surface area contributed by atoms with E-state index in [9.17, 15) is 9.59 Å². The van der Waals surface area contributed by atoms with Gasteiger partial charge in [0.05, 0.1) is 0 Å². The van der Waals surface area contributed by atoms with Gasteiger partial charge in [-0.25, -0.2) is 9.97 Å². The molecular weight excluding hydrogens is 352 g/mol. The van der Waals surface area contributed by atoms with Gasteiger partial charge in [0.2, 0.25) is 0 Å². The van der Waals surface area contributed by atoms with E-state index in [1.807, 2.05) is 18.2 Å². The number of ketones is 1. The number of rotatable bonds is 8. The molecule has 28 heavy (non-hydrogen) atoms. The van der Waals surface area contributed by atoms with Crippen molar-refractivity contribution in [1.29, 1.82) is 0 Å². The number of hydrogen-bond donors (Lipinski definition) is 2. The van der Waals surface area contributed by atoms with Crippen LogP contribution < -0.4 is 10.6 Å². The molecule has 0 radical (unpaired) electrons. The molecule has 0 aliphatic carbocycles. The number of hydrogen-bond acceptors (Lipinski definition) is 5. The maximum Gasteiger partial charge on any atom is 0.270 e. The van der Waals surface area contributed by atoms with Crippen molar-refractivity contribution in [2.75, 3.05) is 11.9 Å². The van der Waals surface area contributed by atoms with Crippen molar-refractivity contribution < 1.29 is 9.59 Å². The van der Waals surface area contributed by atoms with E-state index in [4.69, 9.17) is 0 Å². The minimum atomic E-state index is -0.231. The first-order chi connectivity index (χ1) is 13.6. The van der Waals surface area contributed by atoms with Gasteiger partial charge in [0, 0.05) is 23.9 Å². The average molecular weight is 374 g/mol. The molecule has 0 aliphatic heterocycles. The maximum absolute atomic E-state index is 12.3. The number of carbonyl (C=O) groups is 2. The quantitative estimate of drug-likeness (QED) is 0.463. The van der Waals surface area contributed by atoms with Gasteiger partial charge in [-0.05, 0) is 49.6 Å². The summed E-state index contributed by atoms with van der Waals surface area (Å²) in [5.74, 6) is 0.297. The van der Waals surface area contributed by atoms with Crippen LogP contribution in [0.25, 0.3) is 0 Å². The van der Waals surface area contributed by atoms with Crippen molar-refractivity contribution in [2.24, 2.45) is 0 Å². The molecule has 1 amide bonds. The molecule has 0 aliphatic rings. The van der Waals surface area contributed by atoms with E-state index in [2.05, 4.69) is 32.7 Å². The molecule has 3 aromatic rings. The molecule has 0 atom stereocenters. The number of anilines is 2. The zero-order valence-electron chi connectivity index (χ0n) is 15.7. The van der Waals surface area contributed by atoms with Gasteiger partial charge in [-0.2, -0.15) is 0 Å². The van der Waals surface area contributed by atoms with Crippen molar-refractivity contribution in [1.82, 2.24) is 15.3 Å². The third-order valence-corrected chi connectivity index (χ3v) is 4.23. The summed E-state index contributed by atoms with van der Waals surface area (Å²) in [6, 6.07) is 18.8. The van der Waals surface area contributed by atoms with Gasteiger partial charge >= 0.3 is 0 Å². The summed E-state index contributed by atoms with van der Waals surface area (Å²) >= 11 is 0. The average Bonchev–Trinajstić information content (AvgIpc) is 2.72. The molecule has 6 nitrogen and oxygen atoms in total. The van der Waals surface area contributed by atoms with Crippen LogP contribution in [-0.4, -0.2) is 28.2 Å². The van der Waals surface area contributed by atoms with Crippen LogP contribution in [0.1, 0.15) is 39.8 Å². The largest absolute Gasteiger partial charge is 0.351 e. The highest BCUT2D eigenvalue weighted by Gasteiger charge is 2.08. The molecule has 2 aromatic carbocycles. The predicted octanol–water partition coefficient (Wildman–Crippen LogP) is 3.79. The lowest BCUT2D eigenvalue weighted by molar-refractivity contribution is 0.0947. The van der Waals surface area contributed by atoms with Crippen LogP contribution in [0.5, 0.6) is 0 Å². The molecule has 0 spiro atoms. The Morgan fingerprint density at radius 2 is 1.71 bits per heavy atom. The highest BCUT2D eigenvalue weighted by atomic mass is 16.1. The van der Waals surface area contributed by atoms with Crippen LogP contribution in [0.3, 0.4) is 0 Å². The molecule has 142 valence electrons. The molecular formula is C22H22N4O2. The second-order valence-corrected chi connectivity index (χ2v) is 6.39. The zero-order valence-corrected chi connectivity index (χ0v) is 15.7. The first-order valence-corrected chi connectivity index (χ1v) is 9.14. The Kier molecular flexibility index (Phi) is 6.46. The van der Waals surface area contributed by atoms with Crippen molar-refractivity contribution in [3.63, 3.8) is 0 Å². The Morgan fingerprint density at radius 1 is 0.964 bits per heavy atom. The van der Waals surface area contributed by atoms with Gasteiger partial charge in [-0.3, -0.25) is 9.59 Å². The molecule has 0 unspecified atom stereocenters. The van der Waals surface area contributed by atoms with Crippen LogP contribution >= 0.6 is 0 Å². The third-order valence-electron chi connectivity index (χ3n) is 4.23. The normalized spacial score (nSPS) is 10.3. The summed E-state index contributed by atoms with van der Waals surface area (Å²) in [5, 5.41) is 6.00. The Balaban J connectivity index is 1.53. The number of Topliss-reactive ketones (excluding diaryl/α,β-unsaturated/α-hetero) is 1. The number of carbonyl (C=O) groups excluding carboxylic acids is 2. The Morgan fingerprint density at radius 3 is 2.43 bits per heavy atom. The summed E-state index contributed by atoms with van der Waals surface area (Å²) in [6.45, 7) is 2.10. The lowest BCUT2D eigenvalue weighted by atomic mass is 10.1. The summed E-state index contributed by atoms with van der Waals surface area (Å²) in [5.41, 5.74) is 2.97. The van der Waals surface area contributed by atoms with Crippen LogP contribution in [0.2, 0.25) is 0 Å². The number of nitrogens with one attached hydrogen (secondary N) is 2. The number of aryl methyl sites for hydroxylation is 1.